The molecule has 1 atom stereocenters. The number of hydrogen-bond donors (Lipinski definition) is 4. The average molecular weight is 431 g/mol. The first-order valence-electron chi connectivity index (χ1n) is 9.05. The lowest BCUT2D eigenvalue weighted by Crippen LogP contribution is -2.34. The molecule has 3 aromatic rings. The van der Waals surface area contributed by atoms with Crippen molar-refractivity contribution in [2.24, 2.45) is 0 Å². The van der Waals surface area contributed by atoms with E-state index in [1.807, 2.05) is 31.4 Å². The molecule has 3 rings (SSSR count). The van der Waals surface area contributed by atoms with E-state index in [4.69, 9.17) is 12.2 Å². The van der Waals surface area contributed by atoms with Crippen LogP contribution in [0.4, 0.5) is 16.2 Å². The van der Waals surface area contributed by atoms with Gasteiger partial charge >= 0.3 is 6.03 Å². The van der Waals surface area contributed by atoms with Gasteiger partial charge in [-0.3, -0.25) is 14.5 Å². The number of thiophene rings is 1. The number of amides is 3. The number of benzene rings is 1. The van der Waals surface area contributed by atoms with Gasteiger partial charge in [0.25, 0.3) is 0 Å². The number of rotatable bonds is 6. The Bertz CT molecular complexity index is 1050. The average Bonchev–Trinajstić information content (AvgIpc) is 3.31. The molecule has 152 valence electrons. The van der Waals surface area contributed by atoms with Crippen LogP contribution >= 0.6 is 23.6 Å². The van der Waals surface area contributed by atoms with Crippen molar-refractivity contribution < 1.29 is 9.59 Å². The molecule has 0 bridgehead atoms. The Hall–Kier alpha value is -2.98. The van der Waals surface area contributed by atoms with E-state index in [-0.39, 0.29) is 18.0 Å². The number of carbonyl (C=O) groups excluding carboxylic acids is 2. The number of nitrogens with zero attached hydrogens (tertiary/aromatic N) is 2. The van der Waals surface area contributed by atoms with E-state index < -0.39 is 6.04 Å². The fourth-order valence-corrected chi connectivity index (χ4v) is 3.72. The summed E-state index contributed by atoms with van der Waals surface area (Å²) in [6.45, 7) is 5.49. The lowest BCUT2D eigenvalue weighted by atomic mass is 10.2. The van der Waals surface area contributed by atoms with Gasteiger partial charge in [-0.15, -0.1) is 11.3 Å². The Morgan fingerprint density at radius 1 is 1.10 bits per heavy atom. The van der Waals surface area contributed by atoms with E-state index in [9.17, 15) is 9.59 Å². The minimum atomic E-state index is -0.615. The van der Waals surface area contributed by atoms with E-state index in [2.05, 4.69) is 26.1 Å². The predicted octanol–water partition coefficient (Wildman–Crippen LogP) is 4.40. The predicted molar refractivity (Wildman–Crippen MR) is 118 cm³/mol. The first-order chi connectivity index (χ1) is 13.9. The highest BCUT2D eigenvalue weighted by Crippen LogP contribution is 2.27. The second kappa shape index (κ2) is 9.01. The fraction of sp³-hybridized carbons (Fsp3) is 0.263. The molecular weight excluding hydrogens is 408 g/mol. The van der Waals surface area contributed by atoms with Gasteiger partial charge in [-0.2, -0.15) is 5.10 Å². The molecule has 0 aliphatic rings. The van der Waals surface area contributed by atoms with Crippen LogP contribution in [0.5, 0.6) is 0 Å². The Balaban J connectivity index is 1.81. The molecule has 0 aliphatic carbocycles. The van der Waals surface area contributed by atoms with Crippen LogP contribution in [-0.2, 0) is 4.79 Å². The summed E-state index contributed by atoms with van der Waals surface area (Å²) in [5.41, 5.74) is 0.997. The Morgan fingerprint density at radius 2 is 1.79 bits per heavy atom. The van der Waals surface area contributed by atoms with Crippen LogP contribution < -0.4 is 16.0 Å². The second-order valence-electron chi connectivity index (χ2n) is 6.66. The van der Waals surface area contributed by atoms with E-state index >= 15 is 0 Å². The van der Waals surface area contributed by atoms with E-state index in [1.54, 1.807) is 35.8 Å². The van der Waals surface area contributed by atoms with Crippen molar-refractivity contribution in [1.82, 2.24) is 20.1 Å². The summed E-state index contributed by atoms with van der Waals surface area (Å²) in [6, 6.07) is 9.89. The molecule has 0 aliphatic heterocycles. The molecule has 8 nitrogen and oxygen atoms in total. The van der Waals surface area contributed by atoms with Crippen LogP contribution in [-0.4, -0.2) is 32.7 Å². The minimum absolute atomic E-state index is 0.00425. The van der Waals surface area contributed by atoms with E-state index in [1.165, 1.54) is 11.3 Å². The third kappa shape index (κ3) is 4.90. The molecule has 1 aromatic carbocycles. The molecule has 2 aromatic heterocycles. The van der Waals surface area contributed by atoms with Gasteiger partial charge in [0, 0.05) is 6.04 Å². The summed E-state index contributed by atoms with van der Waals surface area (Å²) >= 11 is 6.85. The van der Waals surface area contributed by atoms with Crippen LogP contribution in [0.15, 0.2) is 41.8 Å². The van der Waals surface area contributed by atoms with Gasteiger partial charge in [0.2, 0.25) is 5.91 Å². The maximum atomic E-state index is 13.0. The molecule has 10 heteroatoms. The molecule has 4 N–H and O–H groups in total. The van der Waals surface area contributed by atoms with Crippen molar-refractivity contribution in [2.75, 3.05) is 10.6 Å². The first kappa shape index (κ1) is 20.7. The van der Waals surface area contributed by atoms with Crippen molar-refractivity contribution in [3.63, 3.8) is 0 Å². The second-order valence-corrected chi connectivity index (χ2v) is 8.00. The van der Waals surface area contributed by atoms with Gasteiger partial charge in [-0.25, -0.2) is 4.79 Å². The molecule has 2 heterocycles. The van der Waals surface area contributed by atoms with Gasteiger partial charge < -0.3 is 16.0 Å². The highest BCUT2D eigenvalue weighted by Gasteiger charge is 2.22. The van der Waals surface area contributed by atoms with Crippen molar-refractivity contribution in [3.05, 3.63) is 46.5 Å². The van der Waals surface area contributed by atoms with Gasteiger partial charge in [-0.1, -0.05) is 18.2 Å². The largest absolute Gasteiger partial charge is 0.336 e. The van der Waals surface area contributed by atoms with Crippen LogP contribution in [0.3, 0.4) is 0 Å². The molecule has 0 saturated carbocycles. The number of hydrogen-bond acceptors (Lipinski definition) is 5. The van der Waals surface area contributed by atoms with E-state index in [0.717, 1.165) is 4.88 Å². The van der Waals surface area contributed by atoms with Crippen LogP contribution in [0.1, 0.15) is 26.8 Å². The zero-order valence-corrected chi connectivity index (χ0v) is 17.9. The third-order valence-electron chi connectivity index (χ3n) is 4.07. The number of urea groups is 1. The highest BCUT2D eigenvalue weighted by atomic mass is 32.1. The maximum Gasteiger partial charge on any atom is 0.319 e. The van der Waals surface area contributed by atoms with Crippen molar-refractivity contribution in [3.8, 4) is 10.7 Å². The molecule has 1 unspecified atom stereocenters. The zero-order chi connectivity index (χ0) is 21.0. The minimum Gasteiger partial charge on any atom is -0.336 e. The topological polar surface area (TPSA) is 104 Å². The molecular formula is C19H22N6O2S2. The number of H-pyrrole nitrogens is 1. The van der Waals surface area contributed by atoms with Crippen LogP contribution in [0.25, 0.3) is 10.7 Å². The Morgan fingerprint density at radius 3 is 2.41 bits per heavy atom. The monoisotopic (exact) mass is 430 g/mol. The molecule has 0 radical (unpaired) electrons. The van der Waals surface area contributed by atoms with Crippen molar-refractivity contribution in [2.45, 2.75) is 32.9 Å². The standard InChI is InChI=1S/C19H22N6O2S2/c1-11(2)20-18(27)22-14-8-5-4-7-13(14)21-17(26)12(3)25-16(23-24-19(25)28)15-9-6-10-29-15/h4-12H,1-3H3,(H,21,26)(H,24,28)(H2,20,22,27). The zero-order valence-electron chi connectivity index (χ0n) is 16.2. The number of anilines is 2. The SMILES string of the molecule is CC(C)NC(=O)Nc1ccccc1NC(=O)C(C)n1c(-c2cccs2)n[nH]c1=S. The van der Waals surface area contributed by atoms with Crippen molar-refractivity contribution >= 4 is 46.9 Å². The van der Waals surface area contributed by atoms with Crippen LogP contribution in [0.2, 0.25) is 0 Å². The quantitative estimate of drug-likeness (QED) is 0.435. The third-order valence-corrected chi connectivity index (χ3v) is 5.22. The number of carbonyl (C=O) groups is 2. The fourth-order valence-electron chi connectivity index (χ4n) is 2.72. The van der Waals surface area contributed by atoms with Gasteiger partial charge in [0.05, 0.1) is 16.3 Å². The Kier molecular flexibility index (Phi) is 6.45. The summed E-state index contributed by atoms with van der Waals surface area (Å²) in [6.07, 6.45) is 0. The molecule has 3 amide bonds. The smallest absolute Gasteiger partial charge is 0.319 e. The normalized spacial score (nSPS) is 11.9. The number of aromatic nitrogens is 3. The van der Waals surface area contributed by atoms with Gasteiger partial charge in [0.1, 0.15) is 6.04 Å². The summed E-state index contributed by atoms with van der Waals surface area (Å²) in [4.78, 5) is 25.9. The summed E-state index contributed by atoms with van der Waals surface area (Å²) in [7, 11) is 0. The molecule has 29 heavy (non-hydrogen) atoms. The molecule has 0 spiro atoms. The van der Waals surface area contributed by atoms with E-state index in [0.29, 0.717) is 22.0 Å². The number of nitrogens with one attached hydrogen (secondary N) is 4. The van der Waals surface area contributed by atoms with Crippen molar-refractivity contribution in [1.29, 1.82) is 0 Å². The summed E-state index contributed by atoms with van der Waals surface area (Å²) in [5, 5.41) is 17.3. The molecule has 0 fully saturated rings. The summed E-state index contributed by atoms with van der Waals surface area (Å²) in [5.74, 6) is 0.328. The number of para-hydroxylation sites is 2. The molecule has 0 saturated heterocycles. The van der Waals surface area contributed by atoms with Crippen LogP contribution in [0, 0.1) is 4.77 Å². The lowest BCUT2D eigenvalue weighted by Gasteiger charge is -2.18. The number of aromatic amines is 1. The Labute approximate surface area is 177 Å². The first-order valence-corrected chi connectivity index (χ1v) is 10.3. The summed E-state index contributed by atoms with van der Waals surface area (Å²) < 4.78 is 2.04. The lowest BCUT2D eigenvalue weighted by molar-refractivity contribution is -0.118. The highest BCUT2D eigenvalue weighted by molar-refractivity contribution is 7.71. The maximum absolute atomic E-state index is 13.0. The van der Waals surface area contributed by atoms with Gasteiger partial charge in [0.15, 0.2) is 10.6 Å². The van der Waals surface area contributed by atoms with Gasteiger partial charge in [-0.05, 0) is 56.6 Å².